The van der Waals surface area contributed by atoms with E-state index in [2.05, 4.69) is 25.7 Å². The summed E-state index contributed by atoms with van der Waals surface area (Å²) in [6.45, 7) is 1.07. The van der Waals surface area contributed by atoms with Crippen LogP contribution in [0.25, 0.3) is 11.3 Å². The van der Waals surface area contributed by atoms with Gasteiger partial charge in [0.2, 0.25) is 0 Å². The molecule has 9 nitrogen and oxygen atoms in total. The van der Waals surface area contributed by atoms with Crippen molar-refractivity contribution in [1.82, 2.24) is 25.7 Å². The molecule has 0 bridgehead atoms. The van der Waals surface area contributed by atoms with E-state index in [-0.39, 0.29) is 17.8 Å². The lowest BCUT2D eigenvalue weighted by Gasteiger charge is -2.01. The van der Waals surface area contributed by atoms with Gasteiger partial charge in [-0.15, -0.1) is 0 Å². The first kappa shape index (κ1) is 17.2. The van der Waals surface area contributed by atoms with E-state index in [0.717, 1.165) is 12.8 Å². The van der Waals surface area contributed by atoms with Crippen molar-refractivity contribution in [2.45, 2.75) is 25.4 Å². The number of rotatable bonds is 6. The van der Waals surface area contributed by atoms with Crippen LogP contribution in [0.4, 0.5) is 0 Å². The first-order valence-corrected chi connectivity index (χ1v) is 8.77. The smallest absolute Gasteiger partial charge is 0.269 e. The second-order valence-corrected chi connectivity index (χ2v) is 6.24. The Morgan fingerprint density at radius 1 is 1.37 bits per heavy atom. The minimum atomic E-state index is -0.299. The number of benzene rings is 1. The molecule has 4 rings (SSSR count). The third kappa shape index (κ3) is 3.82. The van der Waals surface area contributed by atoms with Gasteiger partial charge in [0.1, 0.15) is 17.5 Å². The molecule has 9 heteroatoms. The normalized spacial score (nSPS) is 16.5. The van der Waals surface area contributed by atoms with Crippen molar-refractivity contribution in [2.24, 2.45) is 0 Å². The molecular formula is C18H19N5O4. The van der Waals surface area contributed by atoms with Crippen LogP contribution in [-0.4, -0.2) is 44.5 Å². The van der Waals surface area contributed by atoms with Gasteiger partial charge < -0.3 is 19.7 Å². The molecule has 1 aliphatic rings. The summed E-state index contributed by atoms with van der Waals surface area (Å²) in [7, 11) is 0. The lowest BCUT2D eigenvalue weighted by molar-refractivity contribution is 0.0835. The number of hydrogen-bond acceptors (Lipinski definition) is 7. The average Bonchev–Trinajstić information content (AvgIpc) is 3.43. The number of carbonyl (C=O) groups is 1. The molecule has 1 aliphatic heterocycles. The number of hydrogen-bond donors (Lipinski definition) is 3. The molecule has 1 fully saturated rings. The summed E-state index contributed by atoms with van der Waals surface area (Å²) < 4.78 is 10.7. The Bertz CT molecular complexity index is 929. The highest BCUT2D eigenvalue weighted by Gasteiger charge is 2.23. The molecule has 3 N–H and O–H groups in total. The largest absolute Gasteiger partial charge is 0.507 e. The van der Waals surface area contributed by atoms with Crippen LogP contribution >= 0.6 is 0 Å². The quantitative estimate of drug-likeness (QED) is 0.606. The van der Waals surface area contributed by atoms with Crippen molar-refractivity contribution in [1.29, 1.82) is 0 Å². The van der Waals surface area contributed by atoms with Gasteiger partial charge in [0, 0.05) is 25.1 Å². The highest BCUT2D eigenvalue weighted by atomic mass is 16.5. The molecule has 0 unspecified atom stereocenters. The van der Waals surface area contributed by atoms with E-state index in [4.69, 9.17) is 9.26 Å². The minimum absolute atomic E-state index is 0.107. The van der Waals surface area contributed by atoms with Crippen molar-refractivity contribution in [3.63, 3.8) is 0 Å². The lowest BCUT2D eigenvalue weighted by atomic mass is 10.1. The van der Waals surface area contributed by atoms with Crippen molar-refractivity contribution in [2.75, 3.05) is 13.2 Å². The van der Waals surface area contributed by atoms with Crippen LogP contribution in [0.2, 0.25) is 0 Å². The van der Waals surface area contributed by atoms with Gasteiger partial charge in [-0.25, -0.2) is 0 Å². The van der Waals surface area contributed by atoms with Crippen LogP contribution in [0.5, 0.6) is 5.75 Å². The fourth-order valence-corrected chi connectivity index (χ4v) is 2.92. The number of aromatic amines is 1. The third-order valence-electron chi connectivity index (χ3n) is 4.33. The van der Waals surface area contributed by atoms with Gasteiger partial charge in [-0.1, -0.05) is 17.3 Å². The summed E-state index contributed by atoms with van der Waals surface area (Å²) in [5.41, 5.74) is 1.36. The fourth-order valence-electron chi connectivity index (χ4n) is 2.92. The fraction of sp³-hybridized carbons (Fsp3) is 0.333. The van der Waals surface area contributed by atoms with Crippen molar-refractivity contribution < 1.29 is 19.2 Å². The van der Waals surface area contributed by atoms with E-state index in [1.807, 2.05) is 0 Å². The summed E-state index contributed by atoms with van der Waals surface area (Å²) in [4.78, 5) is 16.6. The number of amides is 1. The van der Waals surface area contributed by atoms with Gasteiger partial charge in [0.05, 0.1) is 5.69 Å². The van der Waals surface area contributed by atoms with Crippen LogP contribution < -0.4 is 5.32 Å². The number of nitrogens with zero attached hydrogens (tertiary/aromatic N) is 3. The van der Waals surface area contributed by atoms with Crippen LogP contribution in [0.15, 0.2) is 34.9 Å². The van der Waals surface area contributed by atoms with Crippen molar-refractivity contribution in [3.8, 4) is 17.0 Å². The van der Waals surface area contributed by atoms with Gasteiger partial charge in [0.15, 0.2) is 5.82 Å². The van der Waals surface area contributed by atoms with Crippen LogP contribution in [0.1, 0.15) is 41.1 Å². The maximum absolute atomic E-state index is 12.2. The molecule has 1 atom stereocenters. The number of carbonyl (C=O) groups excluding carboxylic acids is 1. The zero-order valence-corrected chi connectivity index (χ0v) is 14.5. The second kappa shape index (κ2) is 7.58. The van der Waals surface area contributed by atoms with Gasteiger partial charge in [-0.05, 0) is 31.0 Å². The van der Waals surface area contributed by atoms with Gasteiger partial charge >= 0.3 is 0 Å². The van der Waals surface area contributed by atoms with Gasteiger partial charge in [0.25, 0.3) is 11.8 Å². The molecule has 0 spiro atoms. The highest BCUT2D eigenvalue weighted by molar-refractivity contribution is 5.93. The Hall–Kier alpha value is -3.20. The first-order valence-electron chi connectivity index (χ1n) is 8.77. The van der Waals surface area contributed by atoms with E-state index in [1.54, 1.807) is 30.3 Å². The zero-order chi connectivity index (χ0) is 18.6. The Kier molecular flexibility index (Phi) is 4.84. The number of nitrogens with one attached hydrogen (secondary N) is 2. The van der Waals surface area contributed by atoms with E-state index >= 15 is 0 Å². The molecule has 1 amide bonds. The molecule has 3 aromatic rings. The Labute approximate surface area is 154 Å². The maximum atomic E-state index is 12.2. The van der Waals surface area contributed by atoms with E-state index in [0.29, 0.717) is 48.2 Å². The molecule has 0 saturated carbocycles. The second-order valence-electron chi connectivity index (χ2n) is 6.24. The van der Waals surface area contributed by atoms with Crippen LogP contribution in [0.3, 0.4) is 0 Å². The van der Waals surface area contributed by atoms with Gasteiger partial charge in [-0.3, -0.25) is 9.89 Å². The predicted molar refractivity (Wildman–Crippen MR) is 94.0 cm³/mol. The van der Waals surface area contributed by atoms with Crippen LogP contribution in [0, 0.1) is 0 Å². The Morgan fingerprint density at radius 2 is 2.26 bits per heavy atom. The molecule has 3 heterocycles. The maximum Gasteiger partial charge on any atom is 0.269 e. The number of phenolic OH excluding ortho intramolecular Hbond substituents is 1. The average molecular weight is 369 g/mol. The number of para-hydroxylation sites is 1. The highest BCUT2D eigenvalue weighted by Crippen LogP contribution is 2.28. The molecule has 140 valence electrons. The SMILES string of the molecule is O=C(NCCc1noc([C@@H]2CCCO2)n1)c1cc(-c2ccccc2O)n[nH]1. The number of ether oxygens (including phenoxy) is 1. The first-order chi connectivity index (χ1) is 13.2. The zero-order valence-electron chi connectivity index (χ0n) is 14.5. The Balaban J connectivity index is 1.32. The predicted octanol–water partition coefficient (Wildman–Crippen LogP) is 1.99. The minimum Gasteiger partial charge on any atom is -0.507 e. The summed E-state index contributed by atoms with van der Waals surface area (Å²) in [6, 6.07) is 8.41. The van der Waals surface area contributed by atoms with Crippen molar-refractivity contribution in [3.05, 3.63) is 47.7 Å². The van der Waals surface area contributed by atoms with E-state index in [9.17, 15) is 9.90 Å². The Morgan fingerprint density at radius 3 is 3.07 bits per heavy atom. The summed E-state index contributed by atoms with van der Waals surface area (Å²) in [5.74, 6) is 0.831. The topological polar surface area (TPSA) is 126 Å². The summed E-state index contributed by atoms with van der Waals surface area (Å²) >= 11 is 0. The number of H-pyrrole nitrogens is 1. The molecule has 1 aromatic carbocycles. The molecule has 0 aliphatic carbocycles. The molecule has 0 radical (unpaired) electrons. The standard InChI is InChI=1S/C18H19N5O4/c24-14-5-2-1-4-11(14)12-10-13(22-21-12)17(25)19-8-7-16-20-18(27-23-16)15-6-3-9-26-15/h1-2,4-5,10,15,24H,3,6-9H2,(H,19,25)(H,21,22)/t15-/m0/s1. The molecule has 2 aromatic heterocycles. The van der Waals surface area contributed by atoms with E-state index in [1.165, 1.54) is 0 Å². The van der Waals surface area contributed by atoms with Gasteiger partial charge in [-0.2, -0.15) is 10.1 Å². The molecule has 27 heavy (non-hydrogen) atoms. The third-order valence-corrected chi connectivity index (χ3v) is 4.33. The number of aromatic nitrogens is 4. The van der Waals surface area contributed by atoms with E-state index < -0.39 is 0 Å². The summed E-state index contributed by atoms with van der Waals surface area (Å²) in [5, 5.41) is 23.3. The van der Waals surface area contributed by atoms with Crippen LogP contribution in [-0.2, 0) is 11.2 Å². The van der Waals surface area contributed by atoms with Crippen molar-refractivity contribution >= 4 is 5.91 Å². The number of phenols is 1. The molecular weight excluding hydrogens is 350 g/mol. The summed E-state index contributed by atoms with van der Waals surface area (Å²) in [6.07, 6.45) is 2.21. The monoisotopic (exact) mass is 369 g/mol. The number of aromatic hydroxyl groups is 1. The lowest BCUT2D eigenvalue weighted by Crippen LogP contribution is -2.26. The molecule has 1 saturated heterocycles.